The monoisotopic (exact) mass is 276 g/mol. The molecule has 2 heterocycles. The van der Waals surface area contributed by atoms with Gasteiger partial charge in [-0.2, -0.15) is 13.2 Å². The Morgan fingerprint density at radius 1 is 0.842 bits per heavy atom. The molecule has 2 saturated heterocycles. The lowest BCUT2D eigenvalue weighted by Gasteiger charge is -2.38. The topological polar surface area (TPSA) is 15.3 Å². The molecule has 1 N–H and O–H groups in total. The minimum absolute atomic E-state index is 0.326. The second kappa shape index (κ2) is 5.24. The summed E-state index contributed by atoms with van der Waals surface area (Å²) in [7, 11) is 0. The lowest BCUT2D eigenvalue weighted by Crippen LogP contribution is -2.44. The fraction of sp³-hybridized carbons (Fsp3) is 1.00. The summed E-state index contributed by atoms with van der Waals surface area (Å²) in [5.41, 5.74) is 0. The van der Waals surface area contributed by atoms with Gasteiger partial charge in [0, 0.05) is 24.7 Å². The highest BCUT2D eigenvalue weighted by molar-refractivity contribution is 4.92. The van der Waals surface area contributed by atoms with Crippen LogP contribution < -0.4 is 5.32 Å². The summed E-state index contributed by atoms with van der Waals surface area (Å²) >= 11 is 0. The number of alkyl halides is 3. The van der Waals surface area contributed by atoms with E-state index in [-0.39, 0.29) is 0 Å². The molecule has 1 saturated carbocycles. The summed E-state index contributed by atoms with van der Waals surface area (Å²) in [4.78, 5) is 2.46. The number of hydrogen-bond donors (Lipinski definition) is 1. The van der Waals surface area contributed by atoms with E-state index in [1.165, 1.54) is 12.8 Å². The Labute approximate surface area is 112 Å². The van der Waals surface area contributed by atoms with Crippen LogP contribution in [0, 0.1) is 5.92 Å². The zero-order valence-electron chi connectivity index (χ0n) is 11.3. The third-order valence-electron chi connectivity index (χ3n) is 5.23. The Balaban J connectivity index is 1.54. The van der Waals surface area contributed by atoms with Crippen LogP contribution in [0.25, 0.3) is 0 Å². The third-order valence-corrected chi connectivity index (χ3v) is 5.23. The summed E-state index contributed by atoms with van der Waals surface area (Å²) in [6, 6.07) is 1.62. The van der Waals surface area contributed by atoms with E-state index in [1.807, 2.05) is 0 Å². The number of halogens is 3. The SMILES string of the molecule is FC(F)(F)C1CCC(N2CCC3CCC(C2)N3)CC1. The molecule has 0 aromatic carbocycles. The van der Waals surface area contributed by atoms with Crippen molar-refractivity contribution in [2.24, 2.45) is 5.92 Å². The molecule has 3 rings (SSSR count). The van der Waals surface area contributed by atoms with Crippen LogP contribution in [0.2, 0.25) is 0 Å². The number of nitrogens with one attached hydrogen (secondary N) is 1. The zero-order valence-corrected chi connectivity index (χ0v) is 11.3. The van der Waals surface area contributed by atoms with Gasteiger partial charge in [-0.15, -0.1) is 0 Å². The van der Waals surface area contributed by atoms with Crippen molar-refractivity contribution < 1.29 is 13.2 Å². The largest absolute Gasteiger partial charge is 0.391 e. The van der Waals surface area contributed by atoms with Crippen LogP contribution in [-0.2, 0) is 0 Å². The number of fused-ring (bicyclic) bond motifs is 2. The van der Waals surface area contributed by atoms with Gasteiger partial charge < -0.3 is 5.32 Å². The Kier molecular flexibility index (Phi) is 3.78. The highest BCUT2D eigenvalue weighted by Gasteiger charge is 2.42. The zero-order chi connectivity index (χ0) is 13.5. The highest BCUT2D eigenvalue weighted by Crippen LogP contribution is 2.39. The molecule has 0 amide bonds. The fourth-order valence-electron chi connectivity index (χ4n) is 4.07. The quantitative estimate of drug-likeness (QED) is 0.792. The molecule has 110 valence electrons. The van der Waals surface area contributed by atoms with Crippen LogP contribution in [0.5, 0.6) is 0 Å². The van der Waals surface area contributed by atoms with E-state index in [1.54, 1.807) is 0 Å². The maximum Gasteiger partial charge on any atom is 0.391 e. The predicted octanol–water partition coefficient (Wildman–Crippen LogP) is 2.93. The summed E-state index contributed by atoms with van der Waals surface area (Å²) in [6.07, 6.45) is 1.79. The van der Waals surface area contributed by atoms with Crippen LogP contribution in [0.1, 0.15) is 44.9 Å². The van der Waals surface area contributed by atoms with Gasteiger partial charge in [-0.1, -0.05) is 0 Å². The fourth-order valence-corrected chi connectivity index (χ4v) is 4.07. The van der Waals surface area contributed by atoms with E-state index in [0.717, 1.165) is 32.4 Å². The van der Waals surface area contributed by atoms with Crippen LogP contribution in [0.4, 0.5) is 13.2 Å². The van der Waals surface area contributed by atoms with E-state index < -0.39 is 12.1 Å². The van der Waals surface area contributed by atoms with Gasteiger partial charge in [0.05, 0.1) is 5.92 Å². The molecule has 3 fully saturated rings. The Morgan fingerprint density at radius 2 is 1.53 bits per heavy atom. The predicted molar refractivity (Wildman–Crippen MR) is 67.9 cm³/mol. The van der Waals surface area contributed by atoms with Gasteiger partial charge in [-0.25, -0.2) is 0 Å². The maximum atomic E-state index is 12.7. The van der Waals surface area contributed by atoms with Crippen molar-refractivity contribution in [3.63, 3.8) is 0 Å². The molecular formula is C14H23F3N2. The van der Waals surface area contributed by atoms with E-state index in [4.69, 9.17) is 0 Å². The van der Waals surface area contributed by atoms with E-state index in [9.17, 15) is 13.2 Å². The van der Waals surface area contributed by atoms with Crippen molar-refractivity contribution in [1.29, 1.82) is 0 Å². The van der Waals surface area contributed by atoms with Gasteiger partial charge in [0.1, 0.15) is 0 Å². The van der Waals surface area contributed by atoms with E-state index in [2.05, 4.69) is 10.2 Å². The third kappa shape index (κ3) is 3.07. The molecule has 2 bridgehead atoms. The van der Waals surface area contributed by atoms with Crippen LogP contribution in [0.15, 0.2) is 0 Å². The molecule has 0 radical (unpaired) electrons. The first-order valence-electron chi connectivity index (χ1n) is 7.59. The van der Waals surface area contributed by atoms with Gasteiger partial charge >= 0.3 is 6.18 Å². The van der Waals surface area contributed by atoms with Crippen LogP contribution in [-0.4, -0.2) is 42.3 Å². The van der Waals surface area contributed by atoms with Crippen molar-refractivity contribution >= 4 is 0 Å². The number of hydrogen-bond acceptors (Lipinski definition) is 2. The molecule has 2 unspecified atom stereocenters. The molecule has 19 heavy (non-hydrogen) atoms. The maximum absolute atomic E-state index is 12.7. The van der Waals surface area contributed by atoms with E-state index >= 15 is 0 Å². The van der Waals surface area contributed by atoms with Crippen LogP contribution >= 0.6 is 0 Å². The highest BCUT2D eigenvalue weighted by atomic mass is 19.4. The first-order valence-corrected chi connectivity index (χ1v) is 7.59. The second-order valence-electron chi connectivity index (χ2n) is 6.47. The van der Waals surface area contributed by atoms with Crippen molar-refractivity contribution in [2.45, 2.75) is 69.2 Å². The molecule has 2 aliphatic heterocycles. The first-order chi connectivity index (χ1) is 9.02. The number of likely N-dealkylation sites (tertiary alicyclic amines) is 1. The molecule has 1 aliphatic carbocycles. The molecule has 3 aliphatic rings. The van der Waals surface area contributed by atoms with Gasteiger partial charge in [0.2, 0.25) is 0 Å². The summed E-state index contributed by atoms with van der Waals surface area (Å²) in [6.45, 7) is 2.10. The molecule has 2 atom stereocenters. The average Bonchev–Trinajstić information content (AvgIpc) is 2.68. The molecule has 0 aromatic heterocycles. The molecule has 0 spiro atoms. The Hall–Kier alpha value is -0.290. The average molecular weight is 276 g/mol. The smallest absolute Gasteiger partial charge is 0.310 e. The standard InChI is InChI=1S/C14H23F3N2/c15-14(16,17)10-1-5-13(6-2-10)19-8-7-11-3-4-12(9-19)18-11/h10-13,18H,1-9H2. The summed E-state index contributed by atoms with van der Waals surface area (Å²) in [5, 5.41) is 3.63. The molecule has 2 nitrogen and oxygen atoms in total. The lowest BCUT2D eigenvalue weighted by atomic mass is 9.84. The summed E-state index contributed by atoms with van der Waals surface area (Å²) < 4.78 is 38.0. The van der Waals surface area contributed by atoms with Gasteiger partial charge in [-0.3, -0.25) is 4.90 Å². The number of rotatable bonds is 1. The number of nitrogens with zero attached hydrogens (tertiary/aromatic N) is 1. The Bertz CT molecular complexity index is 310. The minimum Gasteiger partial charge on any atom is -0.310 e. The summed E-state index contributed by atoms with van der Waals surface area (Å²) in [5.74, 6) is -1.05. The minimum atomic E-state index is -3.98. The van der Waals surface area contributed by atoms with Crippen LogP contribution in [0.3, 0.4) is 0 Å². The molecule has 0 aromatic rings. The first kappa shape index (κ1) is 13.7. The van der Waals surface area contributed by atoms with Gasteiger partial charge in [0.25, 0.3) is 0 Å². The van der Waals surface area contributed by atoms with Crippen molar-refractivity contribution in [3.05, 3.63) is 0 Å². The van der Waals surface area contributed by atoms with Gasteiger partial charge in [-0.05, 0) is 51.5 Å². The van der Waals surface area contributed by atoms with Crippen molar-refractivity contribution in [3.8, 4) is 0 Å². The van der Waals surface area contributed by atoms with E-state index in [0.29, 0.717) is 31.0 Å². The molecule has 5 heteroatoms. The second-order valence-corrected chi connectivity index (χ2v) is 6.47. The lowest BCUT2D eigenvalue weighted by molar-refractivity contribution is -0.184. The Morgan fingerprint density at radius 3 is 2.21 bits per heavy atom. The molecular weight excluding hydrogens is 253 g/mol. The van der Waals surface area contributed by atoms with Crippen molar-refractivity contribution in [2.75, 3.05) is 13.1 Å². The van der Waals surface area contributed by atoms with Gasteiger partial charge in [0.15, 0.2) is 0 Å². The van der Waals surface area contributed by atoms with Crippen molar-refractivity contribution in [1.82, 2.24) is 10.2 Å². The normalized spacial score (nSPS) is 41.2.